The molecule has 0 radical (unpaired) electrons. The average molecular weight is 385 g/mol. The third-order valence-electron chi connectivity index (χ3n) is 5.20. The first-order chi connectivity index (χ1) is 12.5. The molecule has 8 nitrogen and oxygen atoms in total. The quantitative estimate of drug-likeness (QED) is 0.662. The van der Waals surface area contributed by atoms with Gasteiger partial charge in [0.2, 0.25) is 11.8 Å². The van der Waals surface area contributed by atoms with E-state index in [2.05, 4.69) is 16.0 Å². The number of carbonyl (C=O) groups is 3. The number of nitrogens with one attached hydrogen (secondary N) is 3. The Labute approximate surface area is 157 Å². The van der Waals surface area contributed by atoms with E-state index in [0.29, 0.717) is 6.42 Å². The highest BCUT2D eigenvalue weighted by molar-refractivity contribution is 8.00. The summed E-state index contributed by atoms with van der Waals surface area (Å²) in [6, 6.07) is 0.216. The van der Waals surface area contributed by atoms with E-state index >= 15 is 0 Å². The first-order valence-electron chi connectivity index (χ1n) is 9.29. The van der Waals surface area contributed by atoms with Crippen LogP contribution in [0.5, 0.6) is 0 Å². The molecule has 3 aliphatic rings. The van der Waals surface area contributed by atoms with E-state index in [0.717, 1.165) is 25.0 Å². The van der Waals surface area contributed by atoms with E-state index in [4.69, 9.17) is 9.47 Å². The topological polar surface area (TPSA) is 106 Å². The summed E-state index contributed by atoms with van der Waals surface area (Å²) >= 11 is 1.55. The maximum absolute atomic E-state index is 12.7. The second-order valence-electron chi connectivity index (χ2n) is 7.00. The van der Waals surface area contributed by atoms with Crippen molar-refractivity contribution in [3.8, 4) is 0 Å². The molecule has 6 unspecified atom stereocenters. The van der Waals surface area contributed by atoms with Gasteiger partial charge in [-0.2, -0.15) is 0 Å². The second-order valence-corrected chi connectivity index (χ2v) is 8.25. The minimum atomic E-state index is -0.737. The fourth-order valence-corrected chi connectivity index (χ4v) is 5.28. The number of alkyl carbamates (subject to hydrolysis) is 1. The zero-order chi connectivity index (χ0) is 18.7. The van der Waals surface area contributed by atoms with Crippen molar-refractivity contribution >= 4 is 29.7 Å². The maximum atomic E-state index is 12.7. The first-order valence-corrected chi connectivity index (χ1v) is 10.3. The Morgan fingerprint density at radius 3 is 2.81 bits per heavy atom. The van der Waals surface area contributed by atoms with Crippen LogP contribution in [-0.2, 0) is 19.1 Å². The Bertz CT molecular complexity index is 561. The van der Waals surface area contributed by atoms with Crippen LogP contribution in [0.2, 0.25) is 0 Å². The number of carbonyl (C=O) groups excluding carboxylic acids is 3. The normalized spacial score (nSPS) is 36.2. The van der Waals surface area contributed by atoms with Gasteiger partial charge >= 0.3 is 6.09 Å². The average Bonchev–Trinajstić information content (AvgIpc) is 3.19. The predicted octanol–water partition coefficient (Wildman–Crippen LogP) is 0.958. The molecule has 6 atom stereocenters. The zero-order valence-electron chi connectivity index (χ0n) is 15.2. The lowest BCUT2D eigenvalue weighted by atomic mass is 9.83. The molecule has 3 amide bonds. The standard InChI is InChI=1S/C17H27N3O5S/c1-3-24-17(23)20-15(22)11-6-7-26-16(11)19-14(21)10-4-5-13-12(8-10)18-9(2)25-13/h9-13,16,18H,3-8H2,1-2H3,(H,19,21)(H,20,22,23). The van der Waals surface area contributed by atoms with Gasteiger partial charge in [-0.1, -0.05) is 0 Å². The Balaban J connectivity index is 1.51. The van der Waals surface area contributed by atoms with Gasteiger partial charge in [0.15, 0.2) is 0 Å². The largest absolute Gasteiger partial charge is 0.450 e. The van der Waals surface area contributed by atoms with E-state index in [1.807, 2.05) is 6.92 Å². The fourth-order valence-electron chi connectivity index (χ4n) is 3.94. The number of hydrogen-bond donors (Lipinski definition) is 3. The molecule has 0 spiro atoms. The van der Waals surface area contributed by atoms with Crippen LogP contribution in [0, 0.1) is 11.8 Å². The van der Waals surface area contributed by atoms with Crippen molar-refractivity contribution in [2.45, 2.75) is 63.3 Å². The van der Waals surface area contributed by atoms with Crippen LogP contribution in [-0.4, -0.2) is 54.0 Å². The summed E-state index contributed by atoms with van der Waals surface area (Å²) in [5.74, 6) is -0.126. The summed E-state index contributed by atoms with van der Waals surface area (Å²) in [6.45, 7) is 3.87. The summed E-state index contributed by atoms with van der Waals surface area (Å²) in [5, 5.41) is 8.34. The zero-order valence-corrected chi connectivity index (χ0v) is 16.0. The number of thioether (sulfide) groups is 1. The Hall–Kier alpha value is -1.32. The summed E-state index contributed by atoms with van der Waals surface area (Å²) in [7, 11) is 0. The summed E-state index contributed by atoms with van der Waals surface area (Å²) in [6.07, 6.45) is 2.52. The molecule has 2 aliphatic heterocycles. The van der Waals surface area contributed by atoms with Crippen LogP contribution in [0.25, 0.3) is 0 Å². The minimum absolute atomic E-state index is 0.0156. The third kappa shape index (κ3) is 4.50. The van der Waals surface area contributed by atoms with E-state index in [-0.39, 0.29) is 48.1 Å². The molecule has 26 heavy (non-hydrogen) atoms. The number of amides is 3. The van der Waals surface area contributed by atoms with Crippen molar-refractivity contribution in [3.63, 3.8) is 0 Å². The molecule has 146 valence electrons. The summed E-state index contributed by atoms with van der Waals surface area (Å²) in [4.78, 5) is 36.4. The van der Waals surface area contributed by atoms with Crippen molar-refractivity contribution in [2.75, 3.05) is 12.4 Å². The minimum Gasteiger partial charge on any atom is -0.450 e. The first kappa shape index (κ1) is 19.4. The van der Waals surface area contributed by atoms with Crippen molar-refractivity contribution < 1.29 is 23.9 Å². The van der Waals surface area contributed by atoms with Gasteiger partial charge in [0.05, 0.1) is 24.0 Å². The highest BCUT2D eigenvalue weighted by Gasteiger charge is 2.41. The number of imide groups is 1. The summed E-state index contributed by atoms with van der Waals surface area (Å²) < 4.78 is 10.5. The second kappa shape index (κ2) is 8.58. The predicted molar refractivity (Wildman–Crippen MR) is 96.3 cm³/mol. The van der Waals surface area contributed by atoms with Gasteiger partial charge in [0, 0.05) is 12.0 Å². The van der Waals surface area contributed by atoms with Gasteiger partial charge in [0.1, 0.15) is 6.23 Å². The number of rotatable bonds is 4. The molecule has 3 rings (SSSR count). The molecule has 9 heteroatoms. The number of ether oxygens (including phenoxy) is 2. The van der Waals surface area contributed by atoms with Gasteiger partial charge in [-0.25, -0.2) is 4.79 Å². The van der Waals surface area contributed by atoms with Crippen LogP contribution in [0.3, 0.4) is 0 Å². The van der Waals surface area contributed by atoms with Crippen molar-refractivity contribution in [1.29, 1.82) is 0 Å². The smallest absolute Gasteiger partial charge is 0.413 e. The summed E-state index contributed by atoms with van der Waals surface area (Å²) in [5.41, 5.74) is 0. The van der Waals surface area contributed by atoms with E-state index in [1.165, 1.54) is 0 Å². The molecule has 0 bridgehead atoms. The molecule has 3 N–H and O–H groups in total. The molecular formula is C17H27N3O5S. The highest BCUT2D eigenvalue weighted by Crippen LogP contribution is 2.34. The van der Waals surface area contributed by atoms with Gasteiger partial charge in [-0.3, -0.25) is 20.2 Å². The van der Waals surface area contributed by atoms with Crippen LogP contribution in [0.15, 0.2) is 0 Å². The highest BCUT2D eigenvalue weighted by atomic mass is 32.2. The van der Waals surface area contributed by atoms with Crippen molar-refractivity contribution in [2.24, 2.45) is 11.8 Å². The van der Waals surface area contributed by atoms with E-state index in [9.17, 15) is 14.4 Å². The number of hydrogen-bond acceptors (Lipinski definition) is 7. The van der Waals surface area contributed by atoms with Crippen LogP contribution in [0.4, 0.5) is 4.79 Å². The fraction of sp³-hybridized carbons (Fsp3) is 0.824. The SMILES string of the molecule is CCOC(=O)NC(=O)C1CCSC1NC(=O)C1CCC2OC(C)NC2C1. The Morgan fingerprint density at radius 2 is 2.04 bits per heavy atom. The van der Waals surface area contributed by atoms with Gasteiger partial charge < -0.3 is 14.8 Å². The lowest BCUT2D eigenvalue weighted by molar-refractivity contribution is -0.128. The van der Waals surface area contributed by atoms with Crippen molar-refractivity contribution in [1.82, 2.24) is 16.0 Å². The van der Waals surface area contributed by atoms with Crippen LogP contribution < -0.4 is 16.0 Å². The van der Waals surface area contributed by atoms with E-state index in [1.54, 1.807) is 18.7 Å². The maximum Gasteiger partial charge on any atom is 0.413 e. The molecule has 2 saturated heterocycles. The molecule has 1 saturated carbocycles. The molecule has 3 fully saturated rings. The third-order valence-corrected chi connectivity index (χ3v) is 6.48. The van der Waals surface area contributed by atoms with Crippen LogP contribution in [0.1, 0.15) is 39.5 Å². The van der Waals surface area contributed by atoms with E-state index < -0.39 is 12.0 Å². The molecular weight excluding hydrogens is 358 g/mol. The molecule has 2 heterocycles. The Morgan fingerprint density at radius 1 is 1.23 bits per heavy atom. The molecule has 0 aromatic rings. The molecule has 0 aromatic heterocycles. The Kier molecular flexibility index (Phi) is 6.42. The van der Waals surface area contributed by atoms with Gasteiger partial charge in [0.25, 0.3) is 0 Å². The lowest BCUT2D eigenvalue weighted by Crippen LogP contribution is -2.48. The van der Waals surface area contributed by atoms with Crippen LogP contribution >= 0.6 is 11.8 Å². The lowest BCUT2D eigenvalue weighted by Gasteiger charge is -2.30. The van der Waals surface area contributed by atoms with Gasteiger partial charge in [-0.15, -0.1) is 11.8 Å². The van der Waals surface area contributed by atoms with Crippen molar-refractivity contribution in [3.05, 3.63) is 0 Å². The number of fused-ring (bicyclic) bond motifs is 1. The molecule has 0 aromatic carbocycles. The molecule has 1 aliphatic carbocycles. The van der Waals surface area contributed by atoms with Gasteiger partial charge in [-0.05, 0) is 45.3 Å². The monoisotopic (exact) mass is 385 g/mol.